The second-order valence-corrected chi connectivity index (χ2v) is 5.53. The van der Waals surface area contributed by atoms with Gasteiger partial charge in [0.2, 0.25) is 0 Å². The first kappa shape index (κ1) is 13.6. The molecular weight excluding hydrogens is 222 g/mol. The first-order valence-corrected chi connectivity index (χ1v) is 7.14. The zero-order chi connectivity index (χ0) is 13.0. The van der Waals surface area contributed by atoms with Gasteiger partial charge in [0.15, 0.2) is 0 Å². The fourth-order valence-electron chi connectivity index (χ4n) is 2.72. The van der Waals surface area contributed by atoms with Crippen LogP contribution in [0.1, 0.15) is 50.8 Å². The van der Waals surface area contributed by atoms with Gasteiger partial charge in [-0.25, -0.2) is 0 Å². The molecule has 1 saturated heterocycles. The Morgan fingerprint density at radius 1 is 1.28 bits per heavy atom. The van der Waals surface area contributed by atoms with Crippen LogP contribution in [-0.2, 0) is 11.2 Å². The van der Waals surface area contributed by atoms with Gasteiger partial charge in [0.05, 0.1) is 11.7 Å². The summed E-state index contributed by atoms with van der Waals surface area (Å²) < 4.78 is 6.31. The van der Waals surface area contributed by atoms with Crippen molar-refractivity contribution in [2.24, 2.45) is 0 Å². The summed E-state index contributed by atoms with van der Waals surface area (Å²) in [5, 5.41) is 3.51. The highest BCUT2D eigenvalue weighted by molar-refractivity contribution is 5.25. The summed E-state index contributed by atoms with van der Waals surface area (Å²) >= 11 is 0. The van der Waals surface area contributed by atoms with Gasteiger partial charge in [-0.1, -0.05) is 44.5 Å². The zero-order valence-electron chi connectivity index (χ0n) is 11.8. The van der Waals surface area contributed by atoms with E-state index in [0.717, 1.165) is 25.9 Å². The third-order valence-electron chi connectivity index (χ3n) is 3.79. The average molecular weight is 247 g/mol. The van der Waals surface area contributed by atoms with E-state index in [9.17, 15) is 0 Å². The number of ether oxygens (including phenoxy) is 1. The van der Waals surface area contributed by atoms with Crippen LogP contribution in [0, 0.1) is 0 Å². The maximum Gasteiger partial charge on any atom is 0.0957 e. The Balaban J connectivity index is 2.07. The minimum Gasteiger partial charge on any atom is -0.365 e. The molecule has 1 aromatic carbocycles. The van der Waals surface area contributed by atoms with Crippen molar-refractivity contribution >= 4 is 0 Å². The molecule has 2 unspecified atom stereocenters. The van der Waals surface area contributed by atoms with Crippen molar-refractivity contribution in [3.05, 3.63) is 35.4 Å². The van der Waals surface area contributed by atoms with Gasteiger partial charge in [-0.15, -0.1) is 0 Å². The van der Waals surface area contributed by atoms with Gasteiger partial charge in [-0.05, 0) is 30.9 Å². The summed E-state index contributed by atoms with van der Waals surface area (Å²) in [5.41, 5.74) is 2.67. The molecule has 0 amide bonds. The molecule has 1 aliphatic rings. The fraction of sp³-hybridized carbons (Fsp3) is 0.625. The van der Waals surface area contributed by atoms with E-state index in [0.29, 0.717) is 0 Å². The first-order chi connectivity index (χ1) is 8.67. The second kappa shape index (κ2) is 5.85. The van der Waals surface area contributed by atoms with Crippen LogP contribution in [0.25, 0.3) is 0 Å². The molecule has 1 aliphatic heterocycles. The zero-order valence-corrected chi connectivity index (χ0v) is 11.8. The summed E-state index contributed by atoms with van der Waals surface area (Å²) in [6, 6.07) is 8.85. The Labute approximate surface area is 111 Å². The lowest BCUT2D eigenvalue weighted by Crippen LogP contribution is -2.48. The molecule has 0 aliphatic carbocycles. The van der Waals surface area contributed by atoms with E-state index in [1.54, 1.807) is 0 Å². The normalized spacial score (nSPS) is 28.3. The van der Waals surface area contributed by atoms with Crippen LogP contribution in [0.2, 0.25) is 0 Å². The van der Waals surface area contributed by atoms with Gasteiger partial charge in [-0.2, -0.15) is 0 Å². The summed E-state index contributed by atoms with van der Waals surface area (Å²) in [6.45, 7) is 8.51. The number of morpholine rings is 1. The van der Waals surface area contributed by atoms with Gasteiger partial charge in [0, 0.05) is 13.1 Å². The van der Waals surface area contributed by atoms with Crippen molar-refractivity contribution in [1.82, 2.24) is 5.32 Å². The summed E-state index contributed by atoms with van der Waals surface area (Å²) in [5.74, 6) is 0. The van der Waals surface area contributed by atoms with E-state index in [4.69, 9.17) is 4.74 Å². The number of nitrogens with one attached hydrogen (secondary N) is 1. The molecule has 0 radical (unpaired) electrons. The molecule has 1 N–H and O–H groups in total. The molecule has 1 aromatic rings. The van der Waals surface area contributed by atoms with Gasteiger partial charge >= 0.3 is 0 Å². The molecule has 0 bridgehead atoms. The summed E-state index contributed by atoms with van der Waals surface area (Å²) in [4.78, 5) is 0. The van der Waals surface area contributed by atoms with Crippen molar-refractivity contribution in [3.63, 3.8) is 0 Å². The molecule has 100 valence electrons. The van der Waals surface area contributed by atoms with E-state index < -0.39 is 0 Å². The minimum atomic E-state index is -0.0128. The summed E-state index contributed by atoms with van der Waals surface area (Å²) in [7, 11) is 0. The molecule has 0 saturated carbocycles. The fourth-order valence-corrected chi connectivity index (χ4v) is 2.72. The van der Waals surface area contributed by atoms with Crippen LogP contribution in [0.3, 0.4) is 0 Å². The van der Waals surface area contributed by atoms with Crippen LogP contribution in [0.4, 0.5) is 0 Å². The van der Waals surface area contributed by atoms with Crippen LogP contribution < -0.4 is 5.32 Å². The van der Waals surface area contributed by atoms with E-state index in [1.807, 2.05) is 0 Å². The standard InChI is InChI=1S/C16H25NO/c1-4-10-16(3)12-17-11-15(18-16)14-8-6-13(5-2)7-9-14/h6-9,15,17H,4-5,10-12H2,1-3H3. The van der Waals surface area contributed by atoms with Crippen molar-refractivity contribution in [1.29, 1.82) is 0 Å². The van der Waals surface area contributed by atoms with Crippen LogP contribution in [-0.4, -0.2) is 18.7 Å². The number of benzene rings is 1. The van der Waals surface area contributed by atoms with Gasteiger partial charge in [0.25, 0.3) is 0 Å². The molecular formula is C16H25NO. The lowest BCUT2D eigenvalue weighted by molar-refractivity contribution is -0.112. The highest BCUT2D eigenvalue weighted by Gasteiger charge is 2.32. The molecule has 2 heteroatoms. The maximum atomic E-state index is 6.31. The monoisotopic (exact) mass is 247 g/mol. The third-order valence-corrected chi connectivity index (χ3v) is 3.79. The first-order valence-electron chi connectivity index (χ1n) is 7.14. The van der Waals surface area contributed by atoms with Crippen molar-refractivity contribution in [2.45, 2.75) is 51.7 Å². The minimum absolute atomic E-state index is 0.0128. The molecule has 2 atom stereocenters. The number of hydrogen-bond acceptors (Lipinski definition) is 2. The quantitative estimate of drug-likeness (QED) is 0.879. The maximum absolute atomic E-state index is 6.31. The van der Waals surface area contributed by atoms with Gasteiger partial charge < -0.3 is 10.1 Å². The predicted octanol–water partition coefficient (Wildman–Crippen LogP) is 3.47. The number of hydrogen-bond donors (Lipinski definition) is 1. The van der Waals surface area contributed by atoms with Crippen molar-refractivity contribution in [2.75, 3.05) is 13.1 Å². The van der Waals surface area contributed by atoms with Crippen molar-refractivity contribution in [3.8, 4) is 0 Å². The molecule has 0 spiro atoms. The van der Waals surface area contributed by atoms with E-state index in [1.165, 1.54) is 17.5 Å². The highest BCUT2D eigenvalue weighted by Crippen LogP contribution is 2.30. The topological polar surface area (TPSA) is 21.3 Å². The Bertz CT molecular complexity index is 369. The second-order valence-electron chi connectivity index (χ2n) is 5.53. The Morgan fingerprint density at radius 3 is 2.61 bits per heavy atom. The smallest absolute Gasteiger partial charge is 0.0957 e. The average Bonchev–Trinajstić information content (AvgIpc) is 2.39. The SMILES string of the molecule is CCCC1(C)CNCC(c2ccc(CC)cc2)O1. The molecule has 1 fully saturated rings. The molecule has 2 nitrogen and oxygen atoms in total. The molecule has 0 aromatic heterocycles. The van der Waals surface area contributed by atoms with Crippen LogP contribution in [0.15, 0.2) is 24.3 Å². The van der Waals surface area contributed by atoms with E-state index in [2.05, 4.69) is 50.4 Å². The van der Waals surface area contributed by atoms with Gasteiger partial charge in [-0.3, -0.25) is 0 Å². The predicted molar refractivity (Wildman–Crippen MR) is 75.8 cm³/mol. The summed E-state index contributed by atoms with van der Waals surface area (Å²) in [6.07, 6.45) is 3.57. The van der Waals surface area contributed by atoms with Crippen LogP contribution in [0.5, 0.6) is 0 Å². The van der Waals surface area contributed by atoms with E-state index >= 15 is 0 Å². The van der Waals surface area contributed by atoms with Crippen LogP contribution >= 0.6 is 0 Å². The molecule has 2 rings (SSSR count). The lowest BCUT2D eigenvalue weighted by Gasteiger charge is -2.39. The molecule has 18 heavy (non-hydrogen) atoms. The van der Waals surface area contributed by atoms with E-state index in [-0.39, 0.29) is 11.7 Å². The Morgan fingerprint density at radius 2 is 2.00 bits per heavy atom. The lowest BCUT2D eigenvalue weighted by atomic mass is 9.96. The Hall–Kier alpha value is -0.860. The van der Waals surface area contributed by atoms with Crippen molar-refractivity contribution < 1.29 is 4.74 Å². The Kier molecular flexibility index (Phi) is 4.41. The number of aryl methyl sites for hydroxylation is 1. The third kappa shape index (κ3) is 3.12. The van der Waals surface area contributed by atoms with Gasteiger partial charge in [0.1, 0.15) is 0 Å². The molecule has 1 heterocycles. The largest absolute Gasteiger partial charge is 0.365 e. The highest BCUT2D eigenvalue weighted by atomic mass is 16.5. The number of rotatable bonds is 4.